The Hall–Kier alpha value is -1.78. The number of nitrogens with one attached hydrogen (secondary N) is 1. The lowest BCUT2D eigenvalue weighted by Gasteiger charge is -2.34. The number of nitrogens with zero attached hydrogens (tertiary/aromatic N) is 2. The summed E-state index contributed by atoms with van der Waals surface area (Å²) in [7, 11) is -3.67. The van der Waals surface area contributed by atoms with Crippen molar-refractivity contribution >= 4 is 27.3 Å². The van der Waals surface area contributed by atoms with Gasteiger partial charge in [0, 0.05) is 44.1 Å². The van der Waals surface area contributed by atoms with Crippen molar-refractivity contribution in [1.82, 2.24) is 15.1 Å². The van der Waals surface area contributed by atoms with Gasteiger partial charge in [-0.05, 0) is 42.0 Å². The van der Waals surface area contributed by atoms with Crippen molar-refractivity contribution in [3.8, 4) is 0 Å². The predicted molar refractivity (Wildman–Crippen MR) is 115 cm³/mol. The lowest BCUT2D eigenvalue weighted by atomic mass is 10.1. The van der Waals surface area contributed by atoms with Crippen LogP contribution in [-0.4, -0.2) is 69.9 Å². The molecule has 2 aromatic rings. The van der Waals surface area contributed by atoms with Gasteiger partial charge in [0.05, 0.1) is 11.4 Å². The van der Waals surface area contributed by atoms with Crippen molar-refractivity contribution in [2.45, 2.75) is 17.7 Å². The number of carbonyl (C=O) groups excluding carboxylic acids is 1. The van der Waals surface area contributed by atoms with Crippen LogP contribution in [0.4, 0.5) is 0 Å². The lowest BCUT2D eigenvalue weighted by Crippen LogP contribution is -2.49. The van der Waals surface area contributed by atoms with Crippen molar-refractivity contribution < 1.29 is 13.2 Å². The molecule has 1 aliphatic rings. The summed E-state index contributed by atoms with van der Waals surface area (Å²) in [5, 5.41) is 10.2. The monoisotopic (exact) mass is 436 g/mol. The van der Waals surface area contributed by atoms with Gasteiger partial charge >= 0.3 is 0 Å². The molecule has 0 unspecified atom stereocenters. The van der Waals surface area contributed by atoms with Gasteiger partial charge in [-0.25, -0.2) is 13.6 Å². The quantitative estimate of drug-likeness (QED) is 0.609. The molecular weight excluding hydrogens is 408 g/mol. The SMILES string of the molecule is NS(=O)(=O)c1ccc(CCNC(=O)CN2CCN(CCc3cccs3)CC2)cc1. The summed E-state index contributed by atoms with van der Waals surface area (Å²) in [6.07, 6.45) is 1.74. The standard InChI is InChI=1S/C20H28N4O3S2/c21-29(26,27)19-5-3-17(4-6-19)7-9-22-20(25)16-24-13-11-23(12-14-24)10-8-18-2-1-15-28-18/h1-6,15H,7-14,16H2,(H,22,25)(H2,21,26,27). The maximum atomic E-state index is 12.2. The third kappa shape index (κ3) is 7.20. The second-order valence-corrected chi connectivity index (χ2v) is 9.83. The molecule has 0 spiro atoms. The van der Waals surface area contributed by atoms with Gasteiger partial charge in [0.2, 0.25) is 15.9 Å². The summed E-state index contributed by atoms with van der Waals surface area (Å²) in [6, 6.07) is 10.7. The van der Waals surface area contributed by atoms with E-state index in [0.29, 0.717) is 19.5 Å². The van der Waals surface area contributed by atoms with E-state index in [4.69, 9.17) is 5.14 Å². The Labute approximate surface area is 176 Å². The first-order chi connectivity index (χ1) is 13.9. The molecule has 0 bridgehead atoms. The van der Waals surface area contributed by atoms with E-state index in [1.807, 2.05) is 0 Å². The van der Waals surface area contributed by atoms with E-state index >= 15 is 0 Å². The van der Waals surface area contributed by atoms with Crippen LogP contribution in [0.2, 0.25) is 0 Å². The van der Waals surface area contributed by atoms with Gasteiger partial charge in [0.25, 0.3) is 0 Å². The van der Waals surface area contributed by atoms with Gasteiger partial charge in [-0.1, -0.05) is 18.2 Å². The molecule has 1 aliphatic heterocycles. The summed E-state index contributed by atoms with van der Waals surface area (Å²) in [5.41, 5.74) is 0.956. The zero-order chi connectivity index (χ0) is 20.7. The van der Waals surface area contributed by atoms with Gasteiger partial charge < -0.3 is 10.2 Å². The van der Waals surface area contributed by atoms with E-state index in [1.165, 1.54) is 17.0 Å². The summed E-state index contributed by atoms with van der Waals surface area (Å²) in [6.45, 7) is 5.83. The molecule has 9 heteroatoms. The zero-order valence-corrected chi connectivity index (χ0v) is 18.1. The average molecular weight is 437 g/mol. The molecule has 1 aromatic carbocycles. The minimum atomic E-state index is -3.67. The number of sulfonamides is 1. The first-order valence-corrected chi connectivity index (χ1v) is 12.2. The third-order valence-electron chi connectivity index (χ3n) is 5.07. The summed E-state index contributed by atoms with van der Waals surface area (Å²) >= 11 is 1.81. The summed E-state index contributed by atoms with van der Waals surface area (Å²) in [4.78, 5) is 18.4. The number of piperazine rings is 1. The molecule has 1 saturated heterocycles. The smallest absolute Gasteiger partial charge is 0.238 e. The molecule has 0 saturated carbocycles. The highest BCUT2D eigenvalue weighted by molar-refractivity contribution is 7.89. The molecule has 3 rings (SSSR count). The zero-order valence-electron chi connectivity index (χ0n) is 16.4. The van der Waals surface area contributed by atoms with Crippen LogP contribution in [0, 0.1) is 0 Å². The summed E-state index contributed by atoms with van der Waals surface area (Å²) in [5.74, 6) is 0.0261. The molecule has 7 nitrogen and oxygen atoms in total. The van der Waals surface area contributed by atoms with Gasteiger partial charge in [0.1, 0.15) is 0 Å². The number of primary sulfonamides is 1. The van der Waals surface area contributed by atoms with Crippen molar-refractivity contribution in [2.24, 2.45) is 5.14 Å². The highest BCUT2D eigenvalue weighted by Crippen LogP contribution is 2.11. The van der Waals surface area contributed by atoms with Crippen LogP contribution >= 0.6 is 11.3 Å². The van der Waals surface area contributed by atoms with Gasteiger partial charge in [-0.15, -0.1) is 11.3 Å². The molecule has 1 fully saturated rings. The molecule has 3 N–H and O–H groups in total. The maximum Gasteiger partial charge on any atom is 0.238 e. The van der Waals surface area contributed by atoms with Crippen LogP contribution in [0.15, 0.2) is 46.7 Å². The van der Waals surface area contributed by atoms with Gasteiger partial charge in [-0.2, -0.15) is 0 Å². The number of amides is 1. The number of hydrogen-bond acceptors (Lipinski definition) is 6. The minimum absolute atomic E-state index is 0.0261. The van der Waals surface area contributed by atoms with Crippen molar-refractivity contribution in [3.63, 3.8) is 0 Å². The fraction of sp³-hybridized carbons (Fsp3) is 0.450. The molecule has 1 aromatic heterocycles. The number of carbonyl (C=O) groups is 1. The fourth-order valence-electron chi connectivity index (χ4n) is 3.35. The van der Waals surface area contributed by atoms with Crippen molar-refractivity contribution in [2.75, 3.05) is 45.8 Å². The number of rotatable bonds is 9. The van der Waals surface area contributed by atoms with E-state index < -0.39 is 10.0 Å². The third-order valence-corrected chi connectivity index (χ3v) is 6.94. The minimum Gasteiger partial charge on any atom is -0.355 e. The maximum absolute atomic E-state index is 12.2. The second-order valence-electron chi connectivity index (χ2n) is 7.24. The molecular formula is C20H28N4O3S2. The van der Waals surface area contributed by atoms with Crippen LogP contribution in [0.25, 0.3) is 0 Å². The Morgan fingerprint density at radius 1 is 1.03 bits per heavy atom. The molecule has 158 valence electrons. The number of nitrogens with two attached hydrogens (primary N) is 1. The lowest BCUT2D eigenvalue weighted by molar-refractivity contribution is -0.122. The second kappa shape index (κ2) is 10.3. The van der Waals surface area contributed by atoms with E-state index in [0.717, 1.165) is 44.7 Å². The Morgan fingerprint density at radius 2 is 1.72 bits per heavy atom. The van der Waals surface area contributed by atoms with E-state index in [2.05, 4.69) is 32.6 Å². The van der Waals surface area contributed by atoms with E-state index in [9.17, 15) is 13.2 Å². The first kappa shape index (κ1) is 21.9. The van der Waals surface area contributed by atoms with Crippen LogP contribution in [0.3, 0.4) is 0 Å². The molecule has 0 radical (unpaired) electrons. The Balaban J connectivity index is 1.31. The van der Waals surface area contributed by atoms with E-state index in [-0.39, 0.29) is 10.8 Å². The molecule has 0 atom stereocenters. The Morgan fingerprint density at radius 3 is 2.34 bits per heavy atom. The molecule has 0 aliphatic carbocycles. The molecule has 2 heterocycles. The number of hydrogen-bond donors (Lipinski definition) is 2. The normalized spacial score (nSPS) is 16.0. The highest BCUT2D eigenvalue weighted by Gasteiger charge is 2.18. The molecule has 29 heavy (non-hydrogen) atoms. The van der Waals surface area contributed by atoms with Crippen LogP contribution in [0.1, 0.15) is 10.4 Å². The van der Waals surface area contributed by atoms with Crippen LogP contribution < -0.4 is 10.5 Å². The predicted octanol–water partition coefficient (Wildman–Crippen LogP) is 0.915. The topological polar surface area (TPSA) is 95.7 Å². The van der Waals surface area contributed by atoms with Crippen LogP contribution in [0.5, 0.6) is 0 Å². The Bertz CT molecular complexity index is 875. The number of benzene rings is 1. The largest absolute Gasteiger partial charge is 0.355 e. The first-order valence-electron chi connectivity index (χ1n) is 9.76. The summed E-state index contributed by atoms with van der Waals surface area (Å²) < 4.78 is 22.5. The molecule has 1 amide bonds. The van der Waals surface area contributed by atoms with Crippen LogP contribution in [-0.2, 0) is 27.7 Å². The Kier molecular flexibility index (Phi) is 7.79. The number of thiophene rings is 1. The van der Waals surface area contributed by atoms with Gasteiger partial charge in [0.15, 0.2) is 0 Å². The average Bonchev–Trinajstić information content (AvgIpc) is 3.21. The van der Waals surface area contributed by atoms with Crippen molar-refractivity contribution in [1.29, 1.82) is 0 Å². The van der Waals surface area contributed by atoms with E-state index in [1.54, 1.807) is 23.5 Å². The van der Waals surface area contributed by atoms with Crippen molar-refractivity contribution in [3.05, 3.63) is 52.2 Å². The van der Waals surface area contributed by atoms with Gasteiger partial charge in [-0.3, -0.25) is 9.69 Å². The highest BCUT2D eigenvalue weighted by atomic mass is 32.2. The fourth-order valence-corrected chi connectivity index (χ4v) is 4.56.